The van der Waals surface area contributed by atoms with Gasteiger partial charge in [0.2, 0.25) is 9.04 Å². The Morgan fingerprint density at radius 3 is 0.912 bits per heavy atom. The minimum absolute atomic E-state index is 0.146. The molecule has 0 aromatic rings. The average molecular weight is 502 g/mol. The highest BCUT2D eigenvalue weighted by Gasteiger charge is 3.00. The number of allylic oxidation sites excluding steroid dienone is 4. The molecule has 3 heteroatoms. The zero-order valence-corrected chi connectivity index (χ0v) is 28.4. The standard InChI is InChI=1S/C31H57OSi2/c1-24(2,3)20-22(26(7,8)9)34-23(27(10,11)12)21(25(4,5)6)31(34,29(16,17)18)33(32-19)30(20,34)28(13,14)15/h1-19H3/t30-,31-,34?/m1/s1. The predicted molar refractivity (Wildman–Crippen MR) is 155 cm³/mol. The smallest absolute Gasteiger partial charge is 0.229 e. The van der Waals surface area contributed by atoms with E-state index in [-0.39, 0.29) is 41.8 Å². The molecule has 1 saturated heterocycles. The van der Waals surface area contributed by atoms with Gasteiger partial charge >= 0.3 is 0 Å². The van der Waals surface area contributed by atoms with Gasteiger partial charge in [-0.2, -0.15) is 0 Å². The molecule has 3 rings (SSSR count). The number of hydrogen-bond donors (Lipinski definition) is 0. The Morgan fingerprint density at radius 1 is 0.500 bits per heavy atom. The Bertz CT molecular complexity index is 876. The molecule has 1 spiro atoms. The molecule has 1 fully saturated rings. The van der Waals surface area contributed by atoms with Crippen LogP contribution in [0.25, 0.3) is 0 Å². The maximum atomic E-state index is 6.95. The van der Waals surface area contributed by atoms with E-state index in [0.717, 1.165) is 0 Å². The molecular weight excluding hydrogens is 445 g/mol. The lowest BCUT2D eigenvalue weighted by Gasteiger charge is -2.94. The van der Waals surface area contributed by atoms with Crippen molar-refractivity contribution in [1.82, 2.24) is 0 Å². The molecule has 0 N–H and O–H groups in total. The monoisotopic (exact) mass is 501 g/mol. The second-order valence-electron chi connectivity index (χ2n) is 17.8. The van der Waals surface area contributed by atoms with Gasteiger partial charge in [-0.05, 0) is 32.5 Å². The highest BCUT2D eigenvalue weighted by molar-refractivity contribution is 7.25. The van der Waals surface area contributed by atoms with E-state index in [2.05, 4.69) is 132 Å². The first-order valence-corrected chi connectivity index (χ1v) is 17.0. The molecule has 3 aliphatic rings. The normalized spacial score (nSPS) is 33.3. The van der Waals surface area contributed by atoms with E-state index in [1.807, 2.05) is 10.4 Å². The van der Waals surface area contributed by atoms with Gasteiger partial charge in [0.25, 0.3) is 0 Å². The van der Waals surface area contributed by atoms with Crippen LogP contribution in [0.4, 0.5) is 0 Å². The molecule has 34 heavy (non-hydrogen) atoms. The molecule has 0 bridgehead atoms. The molecule has 1 nitrogen and oxygen atoms in total. The van der Waals surface area contributed by atoms with Gasteiger partial charge in [0.05, 0.1) is 0 Å². The summed E-state index contributed by atoms with van der Waals surface area (Å²) in [6.07, 6.45) is 0. The molecule has 3 heterocycles. The van der Waals surface area contributed by atoms with Gasteiger partial charge in [0.15, 0.2) is 0 Å². The molecule has 1 radical (unpaired) electrons. The SMILES string of the molecule is CO[Si]1[C@]2(C(C)(C)C)C(C(C)(C)C)=C(C(C)(C)C)[Si]23C(C(C)(C)C)=C(C(C)(C)C)[C@@]13C(C)(C)C. The molecule has 195 valence electrons. The van der Waals surface area contributed by atoms with Gasteiger partial charge in [0.1, 0.15) is 8.07 Å². The van der Waals surface area contributed by atoms with Crippen molar-refractivity contribution in [3.8, 4) is 0 Å². The Hall–Kier alpha value is -0.126. The van der Waals surface area contributed by atoms with Gasteiger partial charge in [-0.25, -0.2) is 0 Å². The molecular formula is C31H57OSi2. The quantitative estimate of drug-likeness (QED) is 0.325. The average Bonchev–Trinajstić information content (AvgIpc) is 2.43. The molecule has 2 atom stereocenters. The molecule has 0 saturated carbocycles. The second-order valence-corrected chi connectivity index (χ2v) is 25.3. The summed E-state index contributed by atoms with van der Waals surface area (Å²) < 4.78 is 7.40. The first kappa shape index (κ1) is 28.4. The summed E-state index contributed by atoms with van der Waals surface area (Å²) in [5.74, 6) is 0. The topological polar surface area (TPSA) is 9.23 Å². The van der Waals surface area contributed by atoms with Crippen molar-refractivity contribution < 1.29 is 4.43 Å². The lowest BCUT2D eigenvalue weighted by atomic mass is 9.68. The third-order valence-electron chi connectivity index (χ3n) is 9.26. The third kappa shape index (κ3) is 2.71. The molecule has 0 unspecified atom stereocenters. The zero-order valence-electron chi connectivity index (χ0n) is 26.4. The fourth-order valence-corrected chi connectivity index (χ4v) is 30.1. The van der Waals surface area contributed by atoms with Gasteiger partial charge in [-0.3, -0.25) is 0 Å². The summed E-state index contributed by atoms with van der Waals surface area (Å²) in [5.41, 5.74) is 4.56. The zero-order chi connectivity index (χ0) is 27.1. The lowest BCUT2D eigenvalue weighted by molar-refractivity contribution is 0.153. The summed E-state index contributed by atoms with van der Waals surface area (Å²) in [7, 11) is -1.29. The van der Waals surface area contributed by atoms with Crippen LogP contribution >= 0.6 is 0 Å². The van der Waals surface area contributed by atoms with Crippen LogP contribution < -0.4 is 0 Å². The van der Waals surface area contributed by atoms with E-state index in [4.69, 9.17) is 4.43 Å². The summed E-state index contributed by atoms with van der Waals surface area (Å²) >= 11 is 0. The highest BCUT2D eigenvalue weighted by Crippen LogP contribution is 3.00. The summed E-state index contributed by atoms with van der Waals surface area (Å²) in [4.78, 5) is 0. The Balaban J connectivity index is 2.76. The third-order valence-corrected chi connectivity index (χ3v) is 24.4. The molecule has 0 aliphatic carbocycles. The number of hydrogen-bond acceptors (Lipinski definition) is 1. The van der Waals surface area contributed by atoms with Crippen molar-refractivity contribution in [1.29, 1.82) is 0 Å². The Kier molecular flexibility index (Phi) is 5.72. The lowest BCUT2D eigenvalue weighted by Crippen LogP contribution is -2.98. The fraction of sp³-hybridized carbons (Fsp3) is 0.871. The van der Waals surface area contributed by atoms with Gasteiger partial charge in [-0.15, -0.1) is 0 Å². The van der Waals surface area contributed by atoms with Gasteiger partial charge in [-0.1, -0.05) is 146 Å². The van der Waals surface area contributed by atoms with Crippen LogP contribution in [0, 0.1) is 32.5 Å². The minimum Gasteiger partial charge on any atom is -0.418 e. The van der Waals surface area contributed by atoms with Crippen molar-refractivity contribution in [3.63, 3.8) is 0 Å². The van der Waals surface area contributed by atoms with Gasteiger partial charge in [0, 0.05) is 16.4 Å². The van der Waals surface area contributed by atoms with E-state index in [1.165, 1.54) is 0 Å². The van der Waals surface area contributed by atoms with E-state index in [0.29, 0.717) is 0 Å². The highest BCUT2D eigenvalue weighted by atomic mass is 28.4. The first-order chi connectivity index (χ1) is 14.7. The molecule has 3 aliphatic heterocycles. The van der Waals surface area contributed by atoms with E-state index >= 15 is 0 Å². The largest absolute Gasteiger partial charge is 0.418 e. The maximum absolute atomic E-state index is 6.95. The van der Waals surface area contributed by atoms with Crippen LogP contribution in [0.2, 0.25) is 9.32 Å². The maximum Gasteiger partial charge on any atom is 0.229 e. The fourth-order valence-electron chi connectivity index (χ4n) is 9.56. The molecule has 0 aromatic heterocycles. The van der Waals surface area contributed by atoms with Crippen LogP contribution in [0.5, 0.6) is 0 Å². The minimum atomic E-state index is -2.15. The summed E-state index contributed by atoms with van der Waals surface area (Å²) in [5, 5.41) is 3.78. The second kappa shape index (κ2) is 6.84. The van der Waals surface area contributed by atoms with Crippen LogP contribution in [0.1, 0.15) is 125 Å². The molecule has 0 amide bonds. The van der Waals surface area contributed by atoms with Crippen molar-refractivity contribution >= 4 is 17.1 Å². The van der Waals surface area contributed by atoms with Crippen molar-refractivity contribution in [2.75, 3.05) is 7.11 Å². The van der Waals surface area contributed by atoms with E-state index in [9.17, 15) is 0 Å². The van der Waals surface area contributed by atoms with Crippen LogP contribution in [0.3, 0.4) is 0 Å². The predicted octanol–water partition coefficient (Wildman–Crippen LogP) is 9.62. The van der Waals surface area contributed by atoms with Crippen LogP contribution in [-0.2, 0) is 4.43 Å². The van der Waals surface area contributed by atoms with Crippen molar-refractivity contribution in [2.24, 2.45) is 32.5 Å². The summed E-state index contributed by atoms with van der Waals surface area (Å²) in [6, 6.07) is 0. The van der Waals surface area contributed by atoms with E-state index < -0.39 is 17.1 Å². The van der Waals surface area contributed by atoms with E-state index in [1.54, 1.807) is 11.1 Å². The number of rotatable bonds is 1. The Morgan fingerprint density at radius 2 is 0.765 bits per heavy atom. The van der Waals surface area contributed by atoms with Crippen molar-refractivity contribution in [2.45, 2.75) is 134 Å². The van der Waals surface area contributed by atoms with Gasteiger partial charge < -0.3 is 4.43 Å². The Labute approximate surface area is 216 Å². The van der Waals surface area contributed by atoms with Crippen LogP contribution in [-0.4, -0.2) is 24.2 Å². The first-order valence-electron chi connectivity index (χ1n) is 13.6. The molecule has 0 aromatic carbocycles. The summed E-state index contributed by atoms with van der Waals surface area (Å²) in [6.45, 7) is 45.3. The van der Waals surface area contributed by atoms with Crippen molar-refractivity contribution in [3.05, 3.63) is 21.5 Å². The van der Waals surface area contributed by atoms with Crippen LogP contribution in [0.15, 0.2) is 21.5 Å².